The maximum Gasteiger partial charge on any atom is 0.303 e. The Bertz CT molecular complexity index is 371. The number of ether oxygens (including phenoxy) is 3. The van der Waals surface area contributed by atoms with Crippen molar-refractivity contribution in [1.29, 1.82) is 0 Å². The van der Waals surface area contributed by atoms with Gasteiger partial charge in [-0.05, 0) is 39.0 Å². The third-order valence-corrected chi connectivity index (χ3v) is 4.01. The molecular weight excluding hydrogens is 284 g/mol. The van der Waals surface area contributed by atoms with Gasteiger partial charge in [-0.3, -0.25) is 4.79 Å². The normalized spacial score (nSPS) is 20.7. The zero-order valence-corrected chi connectivity index (χ0v) is 14.3. The van der Waals surface area contributed by atoms with E-state index in [9.17, 15) is 4.79 Å². The quantitative estimate of drug-likeness (QED) is 0.524. The first-order valence-corrected chi connectivity index (χ1v) is 8.09. The van der Waals surface area contributed by atoms with Crippen LogP contribution in [0.1, 0.15) is 53.4 Å². The maximum atomic E-state index is 11.3. The number of rotatable bonds is 9. The Kier molecular flexibility index (Phi) is 8.07. The van der Waals surface area contributed by atoms with Crippen LogP contribution in [-0.4, -0.2) is 42.8 Å². The first-order chi connectivity index (χ1) is 10.4. The van der Waals surface area contributed by atoms with Gasteiger partial charge in [-0.15, -0.1) is 0 Å². The minimum Gasteiger partial charge on any atom is -0.456 e. The van der Waals surface area contributed by atoms with Gasteiger partial charge >= 0.3 is 5.97 Å². The van der Waals surface area contributed by atoms with Crippen molar-refractivity contribution in [2.75, 3.05) is 19.8 Å². The van der Waals surface area contributed by atoms with Gasteiger partial charge in [0.1, 0.15) is 0 Å². The summed E-state index contributed by atoms with van der Waals surface area (Å²) in [6.07, 6.45) is 5.28. The number of hydrogen-bond donors (Lipinski definition) is 1. The van der Waals surface area contributed by atoms with Crippen LogP contribution in [0.4, 0.5) is 0 Å². The second kappa shape index (κ2) is 9.28. The molecule has 0 spiro atoms. The van der Waals surface area contributed by atoms with Crippen LogP contribution in [0, 0.1) is 5.92 Å². The van der Waals surface area contributed by atoms with Crippen LogP contribution in [0.25, 0.3) is 0 Å². The van der Waals surface area contributed by atoms with Crippen LogP contribution >= 0.6 is 0 Å². The highest BCUT2D eigenvalue weighted by molar-refractivity contribution is 5.66. The number of hydrogen-bond acceptors (Lipinski definition) is 5. The fourth-order valence-corrected chi connectivity index (χ4v) is 2.52. The van der Waals surface area contributed by atoms with Crippen LogP contribution in [0.15, 0.2) is 11.6 Å². The molecule has 1 rings (SSSR count). The Morgan fingerprint density at radius 1 is 1.36 bits per heavy atom. The number of carbonyl (C=O) groups excluding carboxylic acids is 1. The molecule has 22 heavy (non-hydrogen) atoms. The highest BCUT2D eigenvalue weighted by atomic mass is 16.8. The number of allylic oxidation sites excluding steroid dienone is 1. The fraction of sp³-hybridized carbons (Fsp3) is 0.824. The molecule has 0 radical (unpaired) electrons. The molecule has 1 N–H and O–H groups in total. The van der Waals surface area contributed by atoms with Crippen LogP contribution < -0.4 is 0 Å². The van der Waals surface area contributed by atoms with Crippen molar-refractivity contribution >= 4 is 5.97 Å². The van der Waals surface area contributed by atoms with Crippen molar-refractivity contribution in [3.63, 3.8) is 0 Å². The van der Waals surface area contributed by atoms with E-state index < -0.39 is 11.9 Å². The maximum absolute atomic E-state index is 11.3. The molecule has 2 atom stereocenters. The van der Waals surface area contributed by atoms with Gasteiger partial charge in [-0.25, -0.2) is 0 Å². The lowest BCUT2D eigenvalue weighted by molar-refractivity contribution is -0.220. The van der Waals surface area contributed by atoms with E-state index in [1.165, 1.54) is 12.5 Å². The second-order valence-electron chi connectivity index (χ2n) is 6.28. The lowest BCUT2D eigenvalue weighted by Gasteiger charge is -2.30. The van der Waals surface area contributed by atoms with Gasteiger partial charge in [0.2, 0.25) is 5.79 Å². The fourth-order valence-electron chi connectivity index (χ4n) is 2.52. The molecule has 1 aliphatic rings. The zero-order valence-electron chi connectivity index (χ0n) is 14.3. The zero-order chi connectivity index (χ0) is 16.6. The largest absolute Gasteiger partial charge is 0.456 e. The summed E-state index contributed by atoms with van der Waals surface area (Å²) in [7, 11) is 0. The Morgan fingerprint density at radius 2 is 2.00 bits per heavy atom. The van der Waals surface area contributed by atoms with E-state index in [0.29, 0.717) is 25.6 Å². The molecule has 1 saturated heterocycles. The Balaban J connectivity index is 2.50. The third-order valence-electron chi connectivity index (χ3n) is 4.01. The van der Waals surface area contributed by atoms with E-state index in [1.807, 2.05) is 13.8 Å². The third kappa shape index (κ3) is 6.46. The summed E-state index contributed by atoms with van der Waals surface area (Å²) in [6.45, 7) is 8.63. The van der Waals surface area contributed by atoms with Gasteiger partial charge in [-0.2, -0.15) is 0 Å². The van der Waals surface area contributed by atoms with E-state index >= 15 is 0 Å². The van der Waals surface area contributed by atoms with Crippen LogP contribution in [0.3, 0.4) is 0 Å². The lowest BCUT2D eigenvalue weighted by atomic mass is 10.0. The van der Waals surface area contributed by atoms with Crippen molar-refractivity contribution in [3.05, 3.63) is 11.6 Å². The highest BCUT2D eigenvalue weighted by Gasteiger charge is 2.41. The lowest BCUT2D eigenvalue weighted by Crippen LogP contribution is -2.43. The SMILES string of the molecule is CC(=O)OC(CC=C(C)CCCC(C)CO)C1(C)OCCO1. The van der Waals surface area contributed by atoms with Gasteiger partial charge in [0.15, 0.2) is 6.10 Å². The summed E-state index contributed by atoms with van der Waals surface area (Å²) in [5, 5.41) is 9.02. The van der Waals surface area contributed by atoms with Crippen molar-refractivity contribution in [1.82, 2.24) is 0 Å². The van der Waals surface area contributed by atoms with E-state index in [-0.39, 0.29) is 12.6 Å². The minimum absolute atomic E-state index is 0.240. The van der Waals surface area contributed by atoms with Crippen molar-refractivity contribution < 1.29 is 24.1 Å². The summed E-state index contributed by atoms with van der Waals surface area (Å²) < 4.78 is 16.6. The van der Waals surface area contributed by atoms with Crippen molar-refractivity contribution in [2.45, 2.75) is 65.3 Å². The topological polar surface area (TPSA) is 65.0 Å². The summed E-state index contributed by atoms with van der Waals surface area (Å²) in [5.74, 6) is -0.831. The van der Waals surface area contributed by atoms with Gasteiger partial charge < -0.3 is 19.3 Å². The van der Waals surface area contributed by atoms with Gasteiger partial charge in [0, 0.05) is 20.0 Å². The molecule has 0 amide bonds. The number of aliphatic hydroxyl groups is 1. The average Bonchev–Trinajstić information content (AvgIpc) is 2.90. The standard InChI is InChI=1S/C17H30O5/c1-13(6-5-7-14(2)12-18)8-9-16(22-15(3)19)17(4)20-10-11-21-17/h8,14,16,18H,5-7,9-12H2,1-4H3. The second-order valence-corrected chi connectivity index (χ2v) is 6.28. The first kappa shape index (κ1) is 19.1. The van der Waals surface area contributed by atoms with Crippen molar-refractivity contribution in [2.24, 2.45) is 5.92 Å². The number of carbonyl (C=O) groups is 1. The highest BCUT2D eigenvalue weighted by Crippen LogP contribution is 2.28. The molecule has 5 heteroatoms. The first-order valence-electron chi connectivity index (χ1n) is 8.09. The Labute approximate surface area is 133 Å². The molecule has 0 bridgehead atoms. The summed E-state index contributed by atoms with van der Waals surface area (Å²) in [4.78, 5) is 11.3. The van der Waals surface area contributed by atoms with Gasteiger partial charge in [0.25, 0.3) is 0 Å². The molecule has 1 fully saturated rings. The van der Waals surface area contributed by atoms with Crippen molar-refractivity contribution in [3.8, 4) is 0 Å². The predicted octanol–water partition coefficient (Wildman–Crippen LogP) is 2.82. The van der Waals surface area contributed by atoms with Gasteiger partial charge in [-0.1, -0.05) is 18.6 Å². The summed E-state index contributed by atoms with van der Waals surface area (Å²) in [6, 6.07) is 0. The number of esters is 1. The molecule has 0 saturated carbocycles. The molecule has 128 valence electrons. The Hall–Kier alpha value is -0.910. The predicted molar refractivity (Wildman–Crippen MR) is 84.3 cm³/mol. The van der Waals surface area contributed by atoms with E-state index in [1.54, 1.807) is 0 Å². The molecule has 5 nitrogen and oxygen atoms in total. The van der Waals surface area contributed by atoms with E-state index in [0.717, 1.165) is 19.3 Å². The van der Waals surface area contributed by atoms with Crippen LogP contribution in [-0.2, 0) is 19.0 Å². The molecule has 1 aliphatic heterocycles. The van der Waals surface area contributed by atoms with Crippen LogP contribution in [0.5, 0.6) is 0 Å². The smallest absolute Gasteiger partial charge is 0.303 e. The van der Waals surface area contributed by atoms with E-state index in [2.05, 4.69) is 13.0 Å². The molecule has 0 aromatic heterocycles. The monoisotopic (exact) mass is 314 g/mol. The molecule has 1 heterocycles. The molecule has 0 aromatic rings. The minimum atomic E-state index is -0.853. The number of aliphatic hydroxyl groups excluding tert-OH is 1. The van der Waals surface area contributed by atoms with Crippen LogP contribution in [0.2, 0.25) is 0 Å². The Morgan fingerprint density at radius 3 is 2.55 bits per heavy atom. The summed E-state index contributed by atoms with van der Waals surface area (Å²) in [5.41, 5.74) is 1.25. The van der Waals surface area contributed by atoms with E-state index in [4.69, 9.17) is 19.3 Å². The summed E-state index contributed by atoms with van der Waals surface area (Å²) >= 11 is 0. The molecule has 2 unspecified atom stereocenters. The average molecular weight is 314 g/mol. The molecular formula is C17H30O5. The van der Waals surface area contributed by atoms with Gasteiger partial charge in [0.05, 0.1) is 13.2 Å². The molecule has 0 aliphatic carbocycles. The molecule has 0 aromatic carbocycles.